The molecule has 0 aromatic heterocycles. The Hall–Kier alpha value is -2.38. The lowest BCUT2D eigenvalue weighted by Crippen LogP contribution is -2.30. The summed E-state index contributed by atoms with van der Waals surface area (Å²) in [7, 11) is 0. The van der Waals surface area contributed by atoms with E-state index in [1.165, 1.54) is 0 Å². The van der Waals surface area contributed by atoms with Gasteiger partial charge >= 0.3 is 0 Å². The van der Waals surface area contributed by atoms with E-state index >= 15 is 0 Å². The highest BCUT2D eigenvalue weighted by Gasteiger charge is 2.09. The van der Waals surface area contributed by atoms with Gasteiger partial charge in [0.1, 0.15) is 5.75 Å². The van der Waals surface area contributed by atoms with Crippen molar-refractivity contribution in [2.45, 2.75) is 13.0 Å². The van der Waals surface area contributed by atoms with Crippen molar-refractivity contribution in [2.24, 2.45) is 0 Å². The first-order valence-corrected chi connectivity index (χ1v) is 8.48. The van der Waals surface area contributed by atoms with E-state index in [0.29, 0.717) is 17.0 Å². The van der Waals surface area contributed by atoms with Crippen molar-refractivity contribution < 1.29 is 19.4 Å². The smallest absolute Gasteiger partial charge is 0.262 e. The Morgan fingerprint density at radius 3 is 2.60 bits per heavy atom. The molecule has 0 heterocycles. The Kier molecular flexibility index (Phi) is 6.97. The van der Waals surface area contributed by atoms with Crippen LogP contribution < -0.4 is 15.4 Å². The average molecular weight is 407 g/mol. The SMILES string of the molecule is CC(O)CNC(=O)c1cccc(OCC(=O)Nc2ccc(Br)cc2)c1. The summed E-state index contributed by atoms with van der Waals surface area (Å²) < 4.78 is 6.35. The molecule has 7 heteroatoms. The highest BCUT2D eigenvalue weighted by atomic mass is 79.9. The number of hydrogen-bond donors (Lipinski definition) is 3. The van der Waals surface area contributed by atoms with Gasteiger partial charge in [0, 0.05) is 22.3 Å². The summed E-state index contributed by atoms with van der Waals surface area (Å²) in [6.07, 6.45) is -0.620. The lowest BCUT2D eigenvalue weighted by Gasteiger charge is -2.10. The molecule has 0 radical (unpaired) electrons. The number of hydrogen-bond acceptors (Lipinski definition) is 4. The zero-order chi connectivity index (χ0) is 18.2. The molecular weight excluding hydrogens is 388 g/mol. The van der Waals surface area contributed by atoms with Crippen molar-refractivity contribution in [2.75, 3.05) is 18.5 Å². The standard InChI is InChI=1S/C18H19BrN2O4/c1-12(22)10-20-18(24)13-3-2-4-16(9-13)25-11-17(23)21-15-7-5-14(19)6-8-15/h2-9,12,22H,10-11H2,1H3,(H,20,24)(H,21,23). The molecule has 1 atom stereocenters. The van der Waals surface area contributed by atoms with Gasteiger partial charge in [-0.2, -0.15) is 0 Å². The molecule has 2 amide bonds. The zero-order valence-corrected chi connectivity index (χ0v) is 15.2. The van der Waals surface area contributed by atoms with Crippen LogP contribution in [-0.2, 0) is 4.79 Å². The molecule has 25 heavy (non-hydrogen) atoms. The lowest BCUT2D eigenvalue weighted by molar-refractivity contribution is -0.118. The van der Waals surface area contributed by atoms with E-state index < -0.39 is 6.10 Å². The number of carbonyl (C=O) groups is 2. The molecule has 132 valence electrons. The lowest BCUT2D eigenvalue weighted by atomic mass is 10.2. The third-order valence-electron chi connectivity index (χ3n) is 3.15. The van der Waals surface area contributed by atoms with Crippen molar-refractivity contribution in [1.82, 2.24) is 5.32 Å². The van der Waals surface area contributed by atoms with Gasteiger partial charge in [-0.1, -0.05) is 22.0 Å². The number of benzene rings is 2. The Bertz CT molecular complexity index is 732. The Labute approximate surface area is 154 Å². The van der Waals surface area contributed by atoms with E-state index in [9.17, 15) is 14.7 Å². The van der Waals surface area contributed by atoms with Gasteiger partial charge in [0.2, 0.25) is 0 Å². The predicted octanol–water partition coefficient (Wildman–Crippen LogP) is 2.58. The Morgan fingerprint density at radius 2 is 1.92 bits per heavy atom. The van der Waals surface area contributed by atoms with Gasteiger partial charge < -0.3 is 20.5 Å². The van der Waals surface area contributed by atoms with Gasteiger partial charge in [-0.25, -0.2) is 0 Å². The van der Waals surface area contributed by atoms with Crippen molar-refractivity contribution in [1.29, 1.82) is 0 Å². The van der Waals surface area contributed by atoms with Crippen LogP contribution in [0.3, 0.4) is 0 Å². The van der Waals surface area contributed by atoms with Crippen LogP contribution in [0.4, 0.5) is 5.69 Å². The van der Waals surface area contributed by atoms with E-state index in [2.05, 4.69) is 26.6 Å². The van der Waals surface area contributed by atoms with Crippen LogP contribution in [0, 0.1) is 0 Å². The Balaban J connectivity index is 1.87. The zero-order valence-electron chi connectivity index (χ0n) is 13.7. The average Bonchev–Trinajstić information content (AvgIpc) is 2.60. The Morgan fingerprint density at radius 1 is 1.20 bits per heavy atom. The molecule has 0 fully saturated rings. The number of carbonyl (C=O) groups excluding carboxylic acids is 2. The molecule has 6 nitrogen and oxygen atoms in total. The molecule has 2 rings (SSSR count). The number of ether oxygens (including phenoxy) is 1. The first-order valence-electron chi connectivity index (χ1n) is 7.68. The predicted molar refractivity (Wildman–Crippen MR) is 98.7 cm³/mol. The second-order valence-corrected chi connectivity index (χ2v) is 6.35. The van der Waals surface area contributed by atoms with E-state index in [1.54, 1.807) is 43.3 Å². The molecule has 0 spiro atoms. The van der Waals surface area contributed by atoms with Crippen molar-refractivity contribution in [3.8, 4) is 5.75 Å². The summed E-state index contributed by atoms with van der Waals surface area (Å²) in [5.41, 5.74) is 1.06. The minimum atomic E-state index is -0.620. The minimum absolute atomic E-state index is 0.166. The van der Waals surface area contributed by atoms with Crippen molar-refractivity contribution >= 4 is 33.4 Å². The second kappa shape index (κ2) is 9.19. The van der Waals surface area contributed by atoms with Crippen LogP contribution in [0.2, 0.25) is 0 Å². The fourth-order valence-corrected chi connectivity index (χ4v) is 2.21. The number of nitrogens with one attached hydrogen (secondary N) is 2. The van der Waals surface area contributed by atoms with Crippen molar-refractivity contribution in [3.63, 3.8) is 0 Å². The molecule has 0 bridgehead atoms. The molecule has 0 saturated heterocycles. The summed E-state index contributed by atoms with van der Waals surface area (Å²) >= 11 is 3.33. The largest absolute Gasteiger partial charge is 0.484 e. The molecule has 0 aliphatic carbocycles. The topological polar surface area (TPSA) is 87.7 Å². The summed E-state index contributed by atoms with van der Waals surface area (Å²) in [6.45, 7) is 1.58. The first kappa shape index (κ1) is 19.0. The fraction of sp³-hybridized carbons (Fsp3) is 0.222. The molecule has 0 aliphatic heterocycles. The molecule has 0 aliphatic rings. The van der Waals surface area contributed by atoms with Gasteiger partial charge in [0.05, 0.1) is 6.10 Å². The van der Waals surface area contributed by atoms with E-state index in [4.69, 9.17) is 4.74 Å². The molecular formula is C18H19BrN2O4. The van der Waals surface area contributed by atoms with Crippen LogP contribution in [0.15, 0.2) is 53.0 Å². The normalized spacial score (nSPS) is 11.5. The van der Waals surface area contributed by atoms with Crippen LogP contribution in [0.1, 0.15) is 17.3 Å². The van der Waals surface area contributed by atoms with Gasteiger partial charge in [-0.05, 0) is 49.4 Å². The first-order chi connectivity index (χ1) is 11.9. The minimum Gasteiger partial charge on any atom is -0.484 e. The van der Waals surface area contributed by atoms with Gasteiger partial charge in [-0.15, -0.1) is 0 Å². The maximum Gasteiger partial charge on any atom is 0.262 e. The summed E-state index contributed by atoms with van der Waals surface area (Å²) in [6, 6.07) is 13.7. The number of anilines is 1. The molecule has 2 aromatic rings. The number of rotatable bonds is 7. The second-order valence-electron chi connectivity index (χ2n) is 5.43. The molecule has 0 saturated carbocycles. The number of halogens is 1. The number of aliphatic hydroxyl groups excluding tert-OH is 1. The van der Waals surface area contributed by atoms with Gasteiger partial charge in [-0.3, -0.25) is 9.59 Å². The van der Waals surface area contributed by atoms with Crippen LogP contribution >= 0.6 is 15.9 Å². The molecule has 3 N–H and O–H groups in total. The highest BCUT2D eigenvalue weighted by Crippen LogP contribution is 2.15. The summed E-state index contributed by atoms with van der Waals surface area (Å²) in [4.78, 5) is 23.9. The van der Waals surface area contributed by atoms with Crippen LogP contribution in [0.5, 0.6) is 5.75 Å². The van der Waals surface area contributed by atoms with E-state index in [0.717, 1.165) is 4.47 Å². The maximum absolute atomic E-state index is 11.9. The number of amides is 2. The third kappa shape index (κ3) is 6.56. The monoisotopic (exact) mass is 406 g/mol. The molecule has 2 aromatic carbocycles. The van der Waals surface area contributed by atoms with E-state index in [1.807, 2.05) is 12.1 Å². The maximum atomic E-state index is 11.9. The highest BCUT2D eigenvalue weighted by molar-refractivity contribution is 9.10. The van der Waals surface area contributed by atoms with Gasteiger partial charge in [0.25, 0.3) is 11.8 Å². The number of aliphatic hydroxyl groups is 1. The molecule has 1 unspecified atom stereocenters. The van der Waals surface area contributed by atoms with E-state index in [-0.39, 0.29) is 25.0 Å². The van der Waals surface area contributed by atoms with Crippen LogP contribution in [0.25, 0.3) is 0 Å². The summed E-state index contributed by atoms with van der Waals surface area (Å²) in [5.74, 6) is -0.201. The fourth-order valence-electron chi connectivity index (χ4n) is 1.95. The quantitative estimate of drug-likeness (QED) is 0.659. The third-order valence-corrected chi connectivity index (χ3v) is 3.68. The van der Waals surface area contributed by atoms with Crippen LogP contribution in [-0.4, -0.2) is 36.2 Å². The summed E-state index contributed by atoms with van der Waals surface area (Å²) in [5, 5.41) is 14.5. The van der Waals surface area contributed by atoms with Gasteiger partial charge in [0.15, 0.2) is 6.61 Å². The van der Waals surface area contributed by atoms with Crippen molar-refractivity contribution in [3.05, 3.63) is 58.6 Å².